The van der Waals surface area contributed by atoms with Gasteiger partial charge in [0.2, 0.25) is 0 Å². The zero-order chi connectivity index (χ0) is 11.5. The maximum atomic E-state index is 5.24. The van der Waals surface area contributed by atoms with Gasteiger partial charge in [-0.3, -0.25) is 0 Å². The Balaban J connectivity index is 2.53. The summed E-state index contributed by atoms with van der Waals surface area (Å²) in [5.74, 6) is 1.51. The molecule has 0 spiro atoms. The highest BCUT2D eigenvalue weighted by molar-refractivity contribution is 5.56. The summed E-state index contributed by atoms with van der Waals surface area (Å²) in [6.45, 7) is 3.86. The number of rotatable bonds is 2. The summed E-state index contributed by atoms with van der Waals surface area (Å²) in [5, 5.41) is 0. The number of ether oxygens (including phenoxy) is 1. The smallest absolute Gasteiger partial charge is 0.161 e. The maximum absolute atomic E-state index is 5.24. The number of nitrogens with zero attached hydrogens (tertiary/aromatic N) is 2. The minimum absolute atomic E-state index is 0.747. The second-order valence-corrected chi connectivity index (χ2v) is 3.62. The van der Waals surface area contributed by atoms with Crippen LogP contribution in [0.5, 0.6) is 5.75 Å². The van der Waals surface area contributed by atoms with Gasteiger partial charge in [-0.1, -0.05) is 30.3 Å². The fraction of sp³-hybridized carbons (Fsp3) is 0.231. The van der Waals surface area contributed by atoms with Gasteiger partial charge in [-0.25, -0.2) is 9.97 Å². The van der Waals surface area contributed by atoms with Crippen LogP contribution in [-0.2, 0) is 0 Å². The van der Waals surface area contributed by atoms with E-state index in [0.717, 1.165) is 28.5 Å². The van der Waals surface area contributed by atoms with Crippen LogP contribution in [0.15, 0.2) is 30.3 Å². The van der Waals surface area contributed by atoms with Crippen molar-refractivity contribution in [3.8, 4) is 17.1 Å². The molecule has 0 aliphatic carbocycles. The molecular formula is C13H14N2O. The van der Waals surface area contributed by atoms with Gasteiger partial charge in [0.15, 0.2) is 11.6 Å². The van der Waals surface area contributed by atoms with Gasteiger partial charge in [-0.15, -0.1) is 0 Å². The molecule has 2 rings (SSSR count). The first-order valence-corrected chi connectivity index (χ1v) is 5.17. The van der Waals surface area contributed by atoms with E-state index in [4.69, 9.17) is 4.74 Å². The van der Waals surface area contributed by atoms with Crippen LogP contribution in [-0.4, -0.2) is 17.1 Å². The van der Waals surface area contributed by atoms with Gasteiger partial charge >= 0.3 is 0 Å². The van der Waals surface area contributed by atoms with Crippen molar-refractivity contribution in [3.05, 3.63) is 41.7 Å². The van der Waals surface area contributed by atoms with Gasteiger partial charge in [0.1, 0.15) is 0 Å². The van der Waals surface area contributed by atoms with Crippen LogP contribution in [0.25, 0.3) is 11.4 Å². The number of aryl methyl sites for hydroxylation is 2. The molecule has 1 aromatic heterocycles. The molecule has 3 nitrogen and oxygen atoms in total. The van der Waals surface area contributed by atoms with Gasteiger partial charge in [0.05, 0.1) is 18.5 Å². The molecule has 0 atom stereocenters. The van der Waals surface area contributed by atoms with Crippen molar-refractivity contribution < 1.29 is 4.74 Å². The average molecular weight is 214 g/mol. The van der Waals surface area contributed by atoms with E-state index >= 15 is 0 Å². The normalized spacial score (nSPS) is 10.2. The van der Waals surface area contributed by atoms with E-state index in [-0.39, 0.29) is 0 Å². The van der Waals surface area contributed by atoms with E-state index in [1.807, 2.05) is 44.2 Å². The van der Waals surface area contributed by atoms with E-state index in [1.165, 1.54) is 0 Å². The molecular weight excluding hydrogens is 200 g/mol. The van der Waals surface area contributed by atoms with Crippen LogP contribution in [0.4, 0.5) is 0 Å². The van der Waals surface area contributed by atoms with Crippen molar-refractivity contribution in [2.45, 2.75) is 13.8 Å². The van der Waals surface area contributed by atoms with Crippen molar-refractivity contribution in [2.24, 2.45) is 0 Å². The van der Waals surface area contributed by atoms with Crippen LogP contribution in [0.2, 0.25) is 0 Å². The van der Waals surface area contributed by atoms with Crippen molar-refractivity contribution in [1.29, 1.82) is 0 Å². The third-order valence-corrected chi connectivity index (χ3v) is 2.44. The highest BCUT2D eigenvalue weighted by atomic mass is 16.5. The summed E-state index contributed by atoms with van der Waals surface area (Å²) >= 11 is 0. The largest absolute Gasteiger partial charge is 0.493 e. The molecule has 1 heterocycles. The zero-order valence-corrected chi connectivity index (χ0v) is 9.69. The Labute approximate surface area is 95.1 Å². The summed E-state index contributed by atoms with van der Waals surface area (Å²) in [6, 6.07) is 9.94. The van der Waals surface area contributed by atoms with Crippen LogP contribution >= 0.6 is 0 Å². The monoisotopic (exact) mass is 214 g/mol. The Morgan fingerprint density at radius 1 is 0.938 bits per heavy atom. The quantitative estimate of drug-likeness (QED) is 0.771. The van der Waals surface area contributed by atoms with Crippen molar-refractivity contribution in [1.82, 2.24) is 9.97 Å². The Morgan fingerprint density at radius 2 is 1.50 bits per heavy atom. The highest BCUT2D eigenvalue weighted by Crippen LogP contribution is 2.23. The Kier molecular flexibility index (Phi) is 2.86. The lowest BCUT2D eigenvalue weighted by molar-refractivity contribution is 0.403. The van der Waals surface area contributed by atoms with Crippen LogP contribution < -0.4 is 4.74 Å². The molecule has 0 fully saturated rings. The summed E-state index contributed by atoms with van der Waals surface area (Å²) in [5.41, 5.74) is 2.76. The fourth-order valence-corrected chi connectivity index (χ4v) is 1.72. The van der Waals surface area contributed by atoms with E-state index in [1.54, 1.807) is 7.11 Å². The second kappa shape index (κ2) is 4.31. The Morgan fingerprint density at radius 3 is 2.00 bits per heavy atom. The summed E-state index contributed by atoms with van der Waals surface area (Å²) in [7, 11) is 1.64. The summed E-state index contributed by atoms with van der Waals surface area (Å²) in [6.07, 6.45) is 0. The van der Waals surface area contributed by atoms with Gasteiger partial charge in [0.25, 0.3) is 0 Å². The molecule has 0 N–H and O–H groups in total. The van der Waals surface area contributed by atoms with Gasteiger partial charge in [-0.2, -0.15) is 0 Å². The van der Waals surface area contributed by atoms with E-state index in [9.17, 15) is 0 Å². The number of benzene rings is 1. The van der Waals surface area contributed by atoms with Gasteiger partial charge < -0.3 is 4.74 Å². The van der Waals surface area contributed by atoms with E-state index in [2.05, 4.69) is 9.97 Å². The molecule has 0 saturated heterocycles. The van der Waals surface area contributed by atoms with Crippen LogP contribution in [0.3, 0.4) is 0 Å². The Bertz CT molecular complexity index is 472. The highest BCUT2D eigenvalue weighted by Gasteiger charge is 2.09. The van der Waals surface area contributed by atoms with E-state index < -0.39 is 0 Å². The van der Waals surface area contributed by atoms with Crippen molar-refractivity contribution in [2.75, 3.05) is 7.11 Å². The molecule has 0 bridgehead atoms. The lowest BCUT2D eigenvalue weighted by Gasteiger charge is -2.09. The number of aromatic nitrogens is 2. The molecule has 0 aliphatic rings. The molecule has 0 aliphatic heterocycles. The minimum Gasteiger partial charge on any atom is -0.493 e. The number of hydrogen-bond acceptors (Lipinski definition) is 3. The summed E-state index contributed by atoms with van der Waals surface area (Å²) < 4.78 is 5.24. The fourth-order valence-electron chi connectivity index (χ4n) is 1.72. The SMILES string of the molecule is COc1c(C)nc(-c2ccccc2)nc1C. The molecule has 0 amide bonds. The first-order chi connectivity index (χ1) is 7.72. The van der Waals surface area contributed by atoms with Gasteiger partial charge in [0, 0.05) is 5.56 Å². The zero-order valence-electron chi connectivity index (χ0n) is 9.69. The molecule has 82 valence electrons. The molecule has 0 radical (unpaired) electrons. The topological polar surface area (TPSA) is 35.0 Å². The molecule has 0 unspecified atom stereocenters. The van der Waals surface area contributed by atoms with Crippen LogP contribution in [0.1, 0.15) is 11.4 Å². The summed E-state index contributed by atoms with van der Waals surface area (Å²) in [4.78, 5) is 8.88. The maximum Gasteiger partial charge on any atom is 0.161 e. The van der Waals surface area contributed by atoms with Crippen molar-refractivity contribution >= 4 is 0 Å². The molecule has 0 saturated carbocycles. The van der Waals surface area contributed by atoms with E-state index in [0.29, 0.717) is 0 Å². The molecule has 2 aromatic rings. The molecule has 3 heteroatoms. The third kappa shape index (κ3) is 1.89. The third-order valence-electron chi connectivity index (χ3n) is 2.44. The Hall–Kier alpha value is -1.90. The molecule has 16 heavy (non-hydrogen) atoms. The van der Waals surface area contributed by atoms with Crippen LogP contribution in [0, 0.1) is 13.8 Å². The lowest BCUT2D eigenvalue weighted by Crippen LogP contribution is -1.99. The first kappa shape index (κ1) is 10.6. The minimum atomic E-state index is 0.747. The number of hydrogen-bond donors (Lipinski definition) is 0. The second-order valence-electron chi connectivity index (χ2n) is 3.62. The average Bonchev–Trinajstić information content (AvgIpc) is 2.30. The first-order valence-electron chi connectivity index (χ1n) is 5.17. The lowest BCUT2D eigenvalue weighted by atomic mass is 10.2. The van der Waals surface area contributed by atoms with Gasteiger partial charge in [-0.05, 0) is 13.8 Å². The predicted octanol–water partition coefficient (Wildman–Crippen LogP) is 2.77. The van der Waals surface area contributed by atoms with Crippen molar-refractivity contribution in [3.63, 3.8) is 0 Å². The molecule has 1 aromatic carbocycles. The standard InChI is InChI=1S/C13H14N2O/c1-9-12(16-3)10(2)15-13(14-9)11-7-5-4-6-8-11/h4-8H,1-3H3. The predicted molar refractivity (Wildman–Crippen MR) is 63.5 cm³/mol. The number of methoxy groups -OCH3 is 1.